The predicted octanol–water partition coefficient (Wildman–Crippen LogP) is 2.46. The molecule has 2 aliphatic heterocycles. The molecule has 1 aliphatic carbocycles. The van der Waals surface area contributed by atoms with Crippen molar-refractivity contribution < 1.29 is 14.1 Å². The van der Waals surface area contributed by atoms with Gasteiger partial charge in [0.2, 0.25) is 5.91 Å². The zero-order chi connectivity index (χ0) is 18.0. The fourth-order valence-corrected chi connectivity index (χ4v) is 5.00. The van der Waals surface area contributed by atoms with Gasteiger partial charge in [-0.05, 0) is 45.7 Å². The van der Waals surface area contributed by atoms with Crippen LogP contribution >= 0.6 is 0 Å². The number of rotatable bonds is 5. The lowest BCUT2D eigenvalue weighted by molar-refractivity contribution is -0.136. The second-order valence-corrected chi connectivity index (χ2v) is 8.30. The lowest BCUT2D eigenvalue weighted by Crippen LogP contribution is -2.61. The van der Waals surface area contributed by atoms with Gasteiger partial charge in [-0.3, -0.25) is 9.69 Å². The minimum atomic E-state index is -0.287. The van der Waals surface area contributed by atoms with E-state index in [0.717, 1.165) is 56.6 Å². The van der Waals surface area contributed by atoms with E-state index in [9.17, 15) is 4.79 Å². The van der Waals surface area contributed by atoms with Gasteiger partial charge >= 0.3 is 0 Å². The third-order valence-corrected chi connectivity index (χ3v) is 6.47. The van der Waals surface area contributed by atoms with Gasteiger partial charge in [0.1, 0.15) is 11.3 Å². The zero-order valence-corrected chi connectivity index (χ0v) is 15.8. The Morgan fingerprint density at radius 1 is 1.23 bits per heavy atom. The molecule has 1 amide bonds. The van der Waals surface area contributed by atoms with Gasteiger partial charge in [-0.25, -0.2) is 0 Å². The van der Waals surface area contributed by atoms with E-state index in [1.54, 1.807) is 0 Å². The number of aromatic nitrogens is 1. The SMILES string of the molecule is Cc1cc(C[C@@H]2COC[C@@H]2NC(=O)C2(N3CCCC3)CCCCC2)on1. The Kier molecular flexibility index (Phi) is 5.32. The van der Waals surface area contributed by atoms with Crippen LogP contribution in [0.4, 0.5) is 0 Å². The first-order valence-electron chi connectivity index (χ1n) is 10.2. The molecule has 2 saturated heterocycles. The minimum Gasteiger partial charge on any atom is -0.379 e. The van der Waals surface area contributed by atoms with Crippen molar-refractivity contribution in [1.29, 1.82) is 0 Å². The summed E-state index contributed by atoms with van der Waals surface area (Å²) in [4.78, 5) is 15.9. The highest BCUT2D eigenvalue weighted by Gasteiger charge is 2.46. The molecule has 0 unspecified atom stereocenters. The summed E-state index contributed by atoms with van der Waals surface area (Å²) in [7, 11) is 0. The number of aryl methyl sites for hydroxylation is 1. The molecule has 0 bridgehead atoms. The van der Waals surface area contributed by atoms with Crippen LogP contribution in [0.1, 0.15) is 56.4 Å². The molecule has 26 heavy (non-hydrogen) atoms. The van der Waals surface area contributed by atoms with Gasteiger partial charge in [0.25, 0.3) is 0 Å². The first-order valence-corrected chi connectivity index (χ1v) is 10.2. The Bertz CT molecular complexity index is 618. The Hall–Kier alpha value is -1.40. The van der Waals surface area contributed by atoms with E-state index in [4.69, 9.17) is 9.26 Å². The van der Waals surface area contributed by atoms with Crippen molar-refractivity contribution in [2.45, 2.75) is 69.9 Å². The Morgan fingerprint density at radius 2 is 2.00 bits per heavy atom. The van der Waals surface area contributed by atoms with Crippen molar-refractivity contribution in [2.75, 3.05) is 26.3 Å². The van der Waals surface area contributed by atoms with E-state index in [2.05, 4.69) is 15.4 Å². The summed E-state index contributed by atoms with van der Waals surface area (Å²) in [6.45, 7) is 5.33. The molecule has 1 saturated carbocycles. The molecule has 0 aromatic carbocycles. The molecule has 144 valence electrons. The third kappa shape index (κ3) is 3.54. The predicted molar refractivity (Wildman–Crippen MR) is 97.8 cm³/mol. The Labute approximate surface area is 155 Å². The van der Waals surface area contributed by atoms with E-state index < -0.39 is 0 Å². The highest BCUT2D eigenvalue weighted by atomic mass is 16.5. The van der Waals surface area contributed by atoms with Crippen molar-refractivity contribution in [2.24, 2.45) is 5.92 Å². The summed E-state index contributed by atoms with van der Waals surface area (Å²) in [5.74, 6) is 1.36. The van der Waals surface area contributed by atoms with Gasteiger partial charge < -0.3 is 14.6 Å². The van der Waals surface area contributed by atoms with E-state index >= 15 is 0 Å². The van der Waals surface area contributed by atoms with Crippen molar-refractivity contribution in [3.05, 3.63) is 17.5 Å². The smallest absolute Gasteiger partial charge is 0.240 e. The number of carbonyl (C=O) groups is 1. The fraction of sp³-hybridized carbons (Fsp3) is 0.800. The number of nitrogens with zero attached hydrogens (tertiary/aromatic N) is 2. The number of carbonyl (C=O) groups excluding carboxylic acids is 1. The number of amides is 1. The van der Waals surface area contributed by atoms with Crippen LogP contribution in [0.25, 0.3) is 0 Å². The molecular weight excluding hydrogens is 330 g/mol. The largest absolute Gasteiger partial charge is 0.379 e. The van der Waals surface area contributed by atoms with Crippen LogP contribution in [0.3, 0.4) is 0 Å². The Balaban J connectivity index is 1.44. The van der Waals surface area contributed by atoms with E-state index in [-0.39, 0.29) is 23.4 Å². The van der Waals surface area contributed by atoms with Crippen molar-refractivity contribution in [3.8, 4) is 0 Å². The summed E-state index contributed by atoms with van der Waals surface area (Å²) in [5, 5.41) is 7.35. The summed E-state index contributed by atoms with van der Waals surface area (Å²) in [6, 6.07) is 2.04. The van der Waals surface area contributed by atoms with Crippen LogP contribution in [0.5, 0.6) is 0 Å². The van der Waals surface area contributed by atoms with Crippen LogP contribution in [0.15, 0.2) is 10.6 Å². The average molecular weight is 361 g/mol. The maximum atomic E-state index is 13.4. The zero-order valence-electron chi connectivity index (χ0n) is 15.8. The molecule has 1 aromatic rings. The number of ether oxygens (including phenoxy) is 1. The summed E-state index contributed by atoms with van der Waals surface area (Å²) >= 11 is 0. The summed E-state index contributed by atoms with van der Waals surface area (Å²) < 4.78 is 11.1. The van der Waals surface area contributed by atoms with Crippen LogP contribution < -0.4 is 5.32 Å². The number of likely N-dealkylation sites (tertiary alicyclic amines) is 1. The normalized spacial score (nSPS) is 29.1. The summed E-state index contributed by atoms with van der Waals surface area (Å²) in [5.41, 5.74) is 0.611. The fourth-order valence-electron chi connectivity index (χ4n) is 5.00. The molecule has 3 fully saturated rings. The van der Waals surface area contributed by atoms with Crippen LogP contribution in [0, 0.1) is 12.8 Å². The topological polar surface area (TPSA) is 67.6 Å². The molecule has 0 spiro atoms. The van der Waals surface area contributed by atoms with Gasteiger partial charge in [0.05, 0.1) is 24.9 Å². The molecular formula is C20H31N3O3. The molecule has 4 rings (SSSR count). The maximum absolute atomic E-state index is 13.4. The van der Waals surface area contributed by atoms with Gasteiger partial charge in [-0.15, -0.1) is 0 Å². The number of hydrogen-bond donors (Lipinski definition) is 1. The lowest BCUT2D eigenvalue weighted by Gasteiger charge is -2.44. The van der Waals surface area contributed by atoms with Gasteiger partial charge in [0.15, 0.2) is 0 Å². The van der Waals surface area contributed by atoms with Crippen LogP contribution in [-0.2, 0) is 16.0 Å². The van der Waals surface area contributed by atoms with E-state index in [1.165, 1.54) is 19.3 Å². The first kappa shape index (κ1) is 18.0. The third-order valence-electron chi connectivity index (χ3n) is 6.47. The molecule has 1 N–H and O–H groups in total. The first-order chi connectivity index (χ1) is 12.7. The minimum absolute atomic E-state index is 0.0642. The number of hydrogen-bond acceptors (Lipinski definition) is 5. The summed E-state index contributed by atoms with van der Waals surface area (Å²) in [6.07, 6.45) is 8.77. The average Bonchev–Trinajstić information content (AvgIpc) is 3.39. The molecule has 6 heteroatoms. The van der Waals surface area contributed by atoms with Gasteiger partial charge in [-0.2, -0.15) is 0 Å². The molecule has 3 heterocycles. The van der Waals surface area contributed by atoms with Crippen molar-refractivity contribution in [3.63, 3.8) is 0 Å². The van der Waals surface area contributed by atoms with Crippen molar-refractivity contribution in [1.82, 2.24) is 15.4 Å². The standard InChI is InChI=1S/C20H31N3O3/c1-15-11-17(26-22-15)12-16-13-25-14-18(16)21-19(24)20(7-3-2-4-8-20)23-9-5-6-10-23/h11,16,18H,2-10,12-14H2,1H3,(H,21,24)/t16-,18+/m1/s1. The Morgan fingerprint density at radius 3 is 2.69 bits per heavy atom. The van der Waals surface area contributed by atoms with Gasteiger partial charge in [0, 0.05) is 18.4 Å². The maximum Gasteiger partial charge on any atom is 0.240 e. The quantitative estimate of drug-likeness (QED) is 0.873. The second kappa shape index (κ2) is 7.69. The van der Waals surface area contributed by atoms with Gasteiger partial charge in [-0.1, -0.05) is 24.4 Å². The molecule has 6 nitrogen and oxygen atoms in total. The molecule has 0 radical (unpaired) electrons. The highest BCUT2D eigenvalue weighted by Crippen LogP contribution is 2.36. The van der Waals surface area contributed by atoms with Crippen LogP contribution in [0.2, 0.25) is 0 Å². The highest BCUT2D eigenvalue weighted by molar-refractivity contribution is 5.86. The van der Waals surface area contributed by atoms with E-state index in [1.807, 2.05) is 13.0 Å². The molecule has 1 aromatic heterocycles. The lowest BCUT2D eigenvalue weighted by atomic mass is 9.79. The van der Waals surface area contributed by atoms with E-state index in [0.29, 0.717) is 13.2 Å². The molecule has 3 aliphatic rings. The van der Waals surface area contributed by atoms with Crippen LogP contribution in [-0.4, -0.2) is 53.8 Å². The number of nitrogens with one attached hydrogen (secondary N) is 1. The monoisotopic (exact) mass is 361 g/mol. The van der Waals surface area contributed by atoms with Crippen molar-refractivity contribution >= 4 is 5.91 Å². The molecule has 2 atom stereocenters. The second-order valence-electron chi connectivity index (χ2n) is 8.30.